The minimum atomic E-state index is -0.219. The van der Waals surface area contributed by atoms with Crippen LogP contribution in [-0.2, 0) is 6.54 Å². The molecule has 1 aliphatic carbocycles. The van der Waals surface area contributed by atoms with Crippen molar-refractivity contribution in [1.29, 1.82) is 0 Å². The highest BCUT2D eigenvalue weighted by Gasteiger charge is 2.24. The summed E-state index contributed by atoms with van der Waals surface area (Å²) in [7, 11) is 1.61. The lowest BCUT2D eigenvalue weighted by Gasteiger charge is -2.26. The van der Waals surface area contributed by atoms with Crippen LogP contribution in [0.2, 0.25) is 0 Å². The summed E-state index contributed by atoms with van der Waals surface area (Å²) in [6, 6.07) is 23.1. The van der Waals surface area contributed by atoms with E-state index in [0.717, 1.165) is 48.2 Å². The van der Waals surface area contributed by atoms with Gasteiger partial charge in [0.15, 0.2) is 0 Å². The van der Waals surface area contributed by atoms with Crippen LogP contribution in [0.25, 0.3) is 16.6 Å². The third kappa shape index (κ3) is 4.12. The summed E-state index contributed by atoms with van der Waals surface area (Å²) in [5.74, 6) is 0.512. The predicted molar refractivity (Wildman–Crippen MR) is 134 cm³/mol. The molecule has 1 heterocycles. The van der Waals surface area contributed by atoms with Gasteiger partial charge in [-0.1, -0.05) is 55.7 Å². The topological polar surface area (TPSA) is 65.3 Å². The lowest BCUT2D eigenvalue weighted by Crippen LogP contribution is -2.25. The molecule has 1 fully saturated rings. The molecule has 0 unspecified atom stereocenters. The summed E-state index contributed by atoms with van der Waals surface area (Å²) in [6.07, 6.45) is 5.67. The monoisotopic (exact) mass is 455 g/mol. The molecular formula is C28H29N3O3. The van der Waals surface area contributed by atoms with Gasteiger partial charge in [-0.25, -0.2) is 4.68 Å². The standard InChI is InChI=1S/C28H29N3O3/c1-34-26-15-9-8-10-21(26)19-29-27(32)20-16-17-25-24(18-20)28(33)31(23-13-6-3-7-14-23)30(25)22-11-4-2-5-12-22/h3,6-10,13-18,22H,2,4-5,11-12,19H2,1H3,(H,29,32). The van der Waals surface area contributed by atoms with Crippen LogP contribution >= 0.6 is 0 Å². The number of para-hydroxylation sites is 2. The van der Waals surface area contributed by atoms with E-state index in [2.05, 4.69) is 10.00 Å². The number of benzene rings is 3. The highest BCUT2D eigenvalue weighted by atomic mass is 16.5. The molecule has 4 aromatic rings. The van der Waals surface area contributed by atoms with E-state index in [1.807, 2.05) is 66.7 Å². The summed E-state index contributed by atoms with van der Waals surface area (Å²) in [5, 5.41) is 3.52. The minimum absolute atomic E-state index is 0.0915. The fraction of sp³-hybridized carbons (Fsp3) is 0.286. The normalized spacial score (nSPS) is 14.3. The van der Waals surface area contributed by atoms with Crippen LogP contribution in [0.3, 0.4) is 0 Å². The van der Waals surface area contributed by atoms with Crippen LogP contribution in [0, 0.1) is 0 Å². The van der Waals surface area contributed by atoms with Gasteiger partial charge in [-0.2, -0.15) is 0 Å². The molecule has 6 nitrogen and oxygen atoms in total. The molecular weight excluding hydrogens is 426 g/mol. The van der Waals surface area contributed by atoms with E-state index < -0.39 is 0 Å². The maximum Gasteiger partial charge on any atom is 0.279 e. The Morgan fingerprint density at radius 3 is 2.47 bits per heavy atom. The predicted octanol–water partition coefficient (Wildman–Crippen LogP) is 5.24. The summed E-state index contributed by atoms with van der Waals surface area (Å²) < 4.78 is 9.32. The largest absolute Gasteiger partial charge is 0.496 e. The van der Waals surface area contributed by atoms with Gasteiger partial charge in [-0.15, -0.1) is 0 Å². The molecule has 6 heteroatoms. The Balaban J connectivity index is 1.52. The molecule has 1 aromatic heterocycles. The van der Waals surface area contributed by atoms with E-state index in [-0.39, 0.29) is 17.5 Å². The third-order valence-corrected chi connectivity index (χ3v) is 6.70. The van der Waals surface area contributed by atoms with Crippen LogP contribution in [-0.4, -0.2) is 22.4 Å². The van der Waals surface area contributed by atoms with Gasteiger partial charge in [0.25, 0.3) is 11.5 Å². The number of hydrogen-bond donors (Lipinski definition) is 1. The number of nitrogens with zero attached hydrogens (tertiary/aromatic N) is 2. The Morgan fingerprint density at radius 1 is 0.971 bits per heavy atom. The van der Waals surface area contributed by atoms with Crippen molar-refractivity contribution >= 4 is 16.8 Å². The van der Waals surface area contributed by atoms with E-state index in [0.29, 0.717) is 17.5 Å². The fourth-order valence-electron chi connectivity index (χ4n) is 4.99. The zero-order valence-electron chi connectivity index (χ0n) is 19.4. The number of aromatic nitrogens is 2. The first-order valence-electron chi connectivity index (χ1n) is 11.9. The summed E-state index contributed by atoms with van der Waals surface area (Å²) >= 11 is 0. The van der Waals surface area contributed by atoms with Crippen LogP contribution in [0.4, 0.5) is 0 Å². The molecule has 0 aliphatic heterocycles. The molecule has 0 spiro atoms. The number of rotatable bonds is 6. The molecule has 0 radical (unpaired) electrons. The summed E-state index contributed by atoms with van der Waals surface area (Å²) in [5.41, 5.74) is 3.00. The van der Waals surface area contributed by atoms with Gasteiger partial charge in [0.05, 0.1) is 29.7 Å². The second-order valence-corrected chi connectivity index (χ2v) is 8.82. The molecule has 0 bridgehead atoms. The zero-order chi connectivity index (χ0) is 23.5. The van der Waals surface area contributed by atoms with Crippen LogP contribution in [0.5, 0.6) is 5.75 Å². The van der Waals surface area contributed by atoms with Crippen molar-refractivity contribution in [1.82, 2.24) is 14.7 Å². The summed E-state index contributed by atoms with van der Waals surface area (Å²) in [6.45, 7) is 0.345. The Bertz CT molecular complexity index is 1360. The molecule has 1 saturated carbocycles. The van der Waals surface area contributed by atoms with Crippen LogP contribution < -0.4 is 15.6 Å². The van der Waals surface area contributed by atoms with Crippen molar-refractivity contribution < 1.29 is 9.53 Å². The highest BCUT2D eigenvalue weighted by Crippen LogP contribution is 2.32. The molecule has 1 amide bonds. The number of carbonyl (C=O) groups is 1. The Kier molecular flexibility index (Phi) is 6.21. The maximum absolute atomic E-state index is 13.6. The van der Waals surface area contributed by atoms with Crippen LogP contribution in [0.1, 0.15) is 54.1 Å². The Morgan fingerprint density at radius 2 is 1.71 bits per heavy atom. The summed E-state index contributed by atoms with van der Waals surface area (Å²) in [4.78, 5) is 26.6. The molecule has 0 atom stereocenters. The number of fused-ring (bicyclic) bond motifs is 1. The maximum atomic E-state index is 13.6. The number of nitrogens with one attached hydrogen (secondary N) is 1. The van der Waals surface area contributed by atoms with E-state index in [1.54, 1.807) is 17.9 Å². The van der Waals surface area contributed by atoms with Gasteiger partial charge in [0, 0.05) is 17.7 Å². The van der Waals surface area contributed by atoms with Gasteiger partial charge in [0.1, 0.15) is 5.75 Å². The van der Waals surface area contributed by atoms with Gasteiger partial charge in [0.2, 0.25) is 0 Å². The molecule has 1 N–H and O–H groups in total. The first-order chi connectivity index (χ1) is 16.7. The lowest BCUT2D eigenvalue weighted by atomic mass is 9.95. The number of amides is 1. The average molecular weight is 456 g/mol. The van der Waals surface area contributed by atoms with Crippen molar-refractivity contribution in [3.8, 4) is 11.4 Å². The molecule has 3 aromatic carbocycles. The molecule has 5 rings (SSSR count). The van der Waals surface area contributed by atoms with E-state index >= 15 is 0 Å². The third-order valence-electron chi connectivity index (χ3n) is 6.70. The fourth-order valence-corrected chi connectivity index (χ4v) is 4.99. The molecule has 1 aliphatic rings. The quantitative estimate of drug-likeness (QED) is 0.433. The van der Waals surface area contributed by atoms with E-state index in [1.165, 1.54) is 6.42 Å². The Labute approximate surface area is 198 Å². The number of carbonyl (C=O) groups excluding carboxylic acids is 1. The van der Waals surface area contributed by atoms with Crippen molar-refractivity contribution in [2.24, 2.45) is 0 Å². The van der Waals surface area contributed by atoms with Crippen molar-refractivity contribution in [3.05, 3.63) is 94.3 Å². The van der Waals surface area contributed by atoms with Crippen molar-refractivity contribution in [3.63, 3.8) is 0 Å². The molecule has 0 saturated heterocycles. The number of methoxy groups -OCH3 is 1. The van der Waals surface area contributed by atoms with Gasteiger partial charge in [-0.05, 0) is 49.2 Å². The van der Waals surface area contributed by atoms with Crippen molar-refractivity contribution in [2.75, 3.05) is 7.11 Å². The SMILES string of the molecule is COc1ccccc1CNC(=O)c1ccc2c(c1)c(=O)n(-c1ccccc1)n2C1CCCCC1. The highest BCUT2D eigenvalue weighted by molar-refractivity contribution is 5.98. The van der Waals surface area contributed by atoms with E-state index in [9.17, 15) is 9.59 Å². The van der Waals surface area contributed by atoms with Gasteiger partial charge >= 0.3 is 0 Å². The molecule has 174 valence electrons. The van der Waals surface area contributed by atoms with Gasteiger partial charge in [-0.3, -0.25) is 14.3 Å². The first kappa shape index (κ1) is 22.0. The average Bonchev–Trinajstić information content (AvgIpc) is 3.20. The minimum Gasteiger partial charge on any atom is -0.496 e. The number of hydrogen-bond acceptors (Lipinski definition) is 3. The number of ether oxygens (including phenoxy) is 1. The smallest absolute Gasteiger partial charge is 0.279 e. The zero-order valence-corrected chi connectivity index (χ0v) is 19.4. The van der Waals surface area contributed by atoms with Crippen LogP contribution in [0.15, 0.2) is 77.6 Å². The van der Waals surface area contributed by atoms with Gasteiger partial charge < -0.3 is 10.1 Å². The van der Waals surface area contributed by atoms with E-state index in [4.69, 9.17) is 4.74 Å². The Hall–Kier alpha value is -3.80. The first-order valence-corrected chi connectivity index (χ1v) is 11.9. The van der Waals surface area contributed by atoms with Crippen molar-refractivity contribution in [2.45, 2.75) is 44.7 Å². The molecule has 34 heavy (non-hydrogen) atoms. The lowest BCUT2D eigenvalue weighted by molar-refractivity contribution is 0.0951. The second kappa shape index (κ2) is 9.59. The second-order valence-electron chi connectivity index (χ2n) is 8.82.